The van der Waals surface area contributed by atoms with Crippen molar-refractivity contribution in [1.82, 2.24) is 5.01 Å². The third-order valence-corrected chi connectivity index (χ3v) is 4.79. The van der Waals surface area contributed by atoms with Gasteiger partial charge >= 0.3 is 0 Å². The van der Waals surface area contributed by atoms with Gasteiger partial charge in [-0.1, -0.05) is 18.1 Å². The SMILES string of the molecule is C#Cc1ccc(NC(=O)c2cccc(OC)c2N(C=O)c2ccc(C=NN(C)C)cc2F)cc1. The van der Waals surface area contributed by atoms with Crippen LogP contribution < -0.4 is 15.0 Å². The van der Waals surface area contributed by atoms with E-state index in [0.717, 1.165) is 4.90 Å². The Bertz CT molecular complexity index is 1260. The van der Waals surface area contributed by atoms with Crippen molar-refractivity contribution in [1.29, 1.82) is 0 Å². The number of rotatable bonds is 8. The van der Waals surface area contributed by atoms with E-state index < -0.39 is 11.7 Å². The molecule has 3 aromatic carbocycles. The standard InChI is InChI=1S/C26H23FN4O3/c1-5-18-9-12-20(13-10-18)29-26(33)21-7-6-8-24(34-4)25(21)31(17-32)23-14-11-19(15-22(23)27)16-28-30(2)3/h1,6-17H,2-4H3,(H,29,33). The number of hydrazone groups is 1. The van der Waals surface area contributed by atoms with Gasteiger partial charge in [-0.15, -0.1) is 6.42 Å². The van der Waals surface area contributed by atoms with Crippen LogP contribution in [0, 0.1) is 18.2 Å². The van der Waals surface area contributed by atoms with Crippen molar-refractivity contribution in [2.24, 2.45) is 5.10 Å². The molecule has 3 aromatic rings. The van der Waals surface area contributed by atoms with Crippen LogP contribution in [0.5, 0.6) is 5.75 Å². The number of amides is 2. The second kappa shape index (κ2) is 10.8. The van der Waals surface area contributed by atoms with E-state index in [1.807, 2.05) is 0 Å². The topological polar surface area (TPSA) is 74.2 Å². The second-order valence-corrected chi connectivity index (χ2v) is 7.31. The maximum Gasteiger partial charge on any atom is 0.257 e. The first-order valence-corrected chi connectivity index (χ1v) is 10.2. The first-order chi connectivity index (χ1) is 16.4. The Labute approximate surface area is 197 Å². The van der Waals surface area contributed by atoms with Crippen molar-refractivity contribution < 1.29 is 18.7 Å². The third-order valence-electron chi connectivity index (χ3n) is 4.79. The summed E-state index contributed by atoms with van der Waals surface area (Å²) in [5.74, 6) is 1.55. The fourth-order valence-electron chi connectivity index (χ4n) is 3.18. The molecule has 3 rings (SSSR count). The predicted molar refractivity (Wildman–Crippen MR) is 131 cm³/mol. The molecule has 0 heterocycles. The summed E-state index contributed by atoms with van der Waals surface area (Å²) in [5, 5.41) is 8.41. The minimum Gasteiger partial charge on any atom is -0.495 e. The van der Waals surface area contributed by atoms with Crippen molar-refractivity contribution in [3.63, 3.8) is 0 Å². The zero-order valence-corrected chi connectivity index (χ0v) is 18.9. The molecule has 2 amide bonds. The Morgan fingerprint density at radius 3 is 2.47 bits per heavy atom. The summed E-state index contributed by atoms with van der Waals surface area (Å²) in [5.41, 5.74) is 1.85. The summed E-state index contributed by atoms with van der Waals surface area (Å²) in [6, 6.07) is 15.7. The lowest BCUT2D eigenvalue weighted by molar-refractivity contribution is -0.106. The first-order valence-electron chi connectivity index (χ1n) is 10.2. The molecule has 0 saturated carbocycles. The fraction of sp³-hybridized carbons (Fsp3) is 0.115. The van der Waals surface area contributed by atoms with E-state index in [4.69, 9.17) is 11.2 Å². The summed E-state index contributed by atoms with van der Waals surface area (Å²) >= 11 is 0. The summed E-state index contributed by atoms with van der Waals surface area (Å²) in [7, 11) is 4.89. The number of nitrogens with zero attached hydrogens (tertiary/aromatic N) is 3. The molecule has 0 bridgehead atoms. The van der Waals surface area contributed by atoms with E-state index in [0.29, 0.717) is 23.2 Å². The lowest BCUT2D eigenvalue weighted by atomic mass is 10.1. The third kappa shape index (κ3) is 5.40. The van der Waals surface area contributed by atoms with Crippen LogP contribution in [0.2, 0.25) is 0 Å². The number of ether oxygens (including phenoxy) is 1. The van der Waals surface area contributed by atoms with Crippen molar-refractivity contribution in [3.8, 4) is 18.1 Å². The number of anilines is 3. The van der Waals surface area contributed by atoms with Crippen molar-refractivity contribution in [3.05, 3.63) is 83.2 Å². The number of terminal acetylenes is 1. The van der Waals surface area contributed by atoms with Crippen molar-refractivity contribution in [2.75, 3.05) is 31.4 Å². The molecule has 8 heteroatoms. The van der Waals surface area contributed by atoms with Gasteiger partial charge in [0, 0.05) is 25.3 Å². The summed E-state index contributed by atoms with van der Waals surface area (Å²) < 4.78 is 20.4. The molecule has 34 heavy (non-hydrogen) atoms. The molecule has 0 unspecified atom stereocenters. The van der Waals surface area contributed by atoms with Gasteiger partial charge in [0.1, 0.15) is 17.3 Å². The number of halogens is 1. The van der Waals surface area contributed by atoms with Gasteiger partial charge in [-0.3, -0.25) is 14.5 Å². The number of hydrogen-bond acceptors (Lipinski definition) is 5. The van der Waals surface area contributed by atoms with E-state index >= 15 is 4.39 Å². The first kappa shape index (κ1) is 24.0. The van der Waals surface area contributed by atoms with Gasteiger partial charge in [-0.25, -0.2) is 4.39 Å². The summed E-state index contributed by atoms with van der Waals surface area (Å²) in [6.45, 7) is 0. The number of methoxy groups -OCH3 is 1. The van der Waals surface area contributed by atoms with Crippen LogP contribution in [0.1, 0.15) is 21.5 Å². The molecule has 0 radical (unpaired) electrons. The highest BCUT2D eigenvalue weighted by Crippen LogP contribution is 2.37. The van der Waals surface area contributed by atoms with Crippen molar-refractivity contribution in [2.45, 2.75) is 0 Å². The highest BCUT2D eigenvalue weighted by atomic mass is 19.1. The van der Waals surface area contributed by atoms with Crippen LogP contribution in [0.15, 0.2) is 65.8 Å². The molecule has 0 aromatic heterocycles. The number of benzene rings is 3. The van der Waals surface area contributed by atoms with E-state index in [2.05, 4.69) is 16.3 Å². The van der Waals surface area contributed by atoms with Gasteiger partial charge in [0.15, 0.2) is 0 Å². The Kier molecular flexibility index (Phi) is 7.62. The maximum absolute atomic E-state index is 15.1. The Morgan fingerprint density at radius 2 is 1.88 bits per heavy atom. The van der Waals surface area contributed by atoms with Crippen molar-refractivity contribution >= 4 is 35.6 Å². The van der Waals surface area contributed by atoms with Crippen LogP contribution in [0.3, 0.4) is 0 Å². The van der Waals surface area contributed by atoms with Crippen LogP contribution in [-0.4, -0.2) is 44.7 Å². The van der Waals surface area contributed by atoms with Crippen LogP contribution in [0.4, 0.5) is 21.5 Å². The van der Waals surface area contributed by atoms with E-state index in [1.165, 1.54) is 31.5 Å². The molecule has 172 valence electrons. The molecule has 0 aliphatic heterocycles. The van der Waals surface area contributed by atoms with Crippen LogP contribution >= 0.6 is 0 Å². The van der Waals surface area contributed by atoms with Gasteiger partial charge in [-0.05, 0) is 54.1 Å². The molecular formula is C26H23FN4O3. The fourth-order valence-corrected chi connectivity index (χ4v) is 3.18. The summed E-state index contributed by atoms with van der Waals surface area (Å²) in [6.07, 6.45) is 7.29. The largest absolute Gasteiger partial charge is 0.495 e. The van der Waals surface area contributed by atoms with Gasteiger partial charge in [0.05, 0.1) is 24.6 Å². The van der Waals surface area contributed by atoms with Crippen LogP contribution in [-0.2, 0) is 4.79 Å². The zero-order valence-electron chi connectivity index (χ0n) is 18.9. The number of carbonyl (C=O) groups excluding carboxylic acids is 2. The molecule has 0 saturated heterocycles. The number of para-hydroxylation sites is 1. The van der Waals surface area contributed by atoms with E-state index in [1.54, 1.807) is 61.6 Å². The average Bonchev–Trinajstić information content (AvgIpc) is 2.84. The molecule has 0 spiro atoms. The van der Waals surface area contributed by atoms with Gasteiger partial charge in [0.25, 0.3) is 5.91 Å². The molecule has 1 N–H and O–H groups in total. The smallest absolute Gasteiger partial charge is 0.257 e. The van der Waals surface area contributed by atoms with E-state index in [-0.39, 0.29) is 22.7 Å². The Hall–Kier alpha value is -4.64. The predicted octanol–water partition coefficient (Wildman–Crippen LogP) is 4.26. The number of hydrogen-bond donors (Lipinski definition) is 1. The second-order valence-electron chi connectivity index (χ2n) is 7.31. The monoisotopic (exact) mass is 458 g/mol. The lowest BCUT2D eigenvalue weighted by Gasteiger charge is -2.23. The molecule has 0 aliphatic rings. The molecule has 0 atom stereocenters. The average molecular weight is 458 g/mol. The Balaban J connectivity index is 2.02. The maximum atomic E-state index is 15.1. The Morgan fingerprint density at radius 1 is 1.15 bits per heavy atom. The van der Waals surface area contributed by atoms with Crippen LogP contribution in [0.25, 0.3) is 0 Å². The summed E-state index contributed by atoms with van der Waals surface area (Å²) in [4.78, 5) is 26.3. The minimum atomic E-state index is -0.669. The quantitative estimate of drug-likeness (QED) is 0.237. The van der Waals surface area contributed by atoms with Gasteiger partial charge in [-0.2, -0.15) is 5.10 Å². The number of nitrogens with one attached hydrogen (secondary N) is 1. The van der Waals surface area contributed by atoms with Gasteiger partial charge in [0.2, 0.25) is 6.41 Å². The normalized spacial score (nSPS) is 10.4. The highest BCUT2D eigenvalue weighted by molar-refractivity contribution is 6.11. The number of carbonyl (C=O) groups is 2. The highest BCUT2D eigenvalue weighted by Gasteiger charge is 2.24. The zero-order chi connectivity index (χ0) is 24.7. The molecule has 0 fully saturated rings. The van der Waals surface area contributed by atoms with E-state index in [9.17, 15) is 9.59 Å². The minimum absolute atomic E-state index is 0.0473. The lowest BCUT2D eigenvalue weighted by Crippen LogP contribution is -2.22. The molecule has 7 nitrogen and oxygen atoms in total. The molecular weight excluding hydrogens is 435 g/mol. The van der Waals surface area contributed by atoms with Gasteiger partial charge < -0.3 is 15.1 Å². The molecule has 0 aliphatic carbocycles.